The summed E-state index contributed by atoms with van der Waals surface area (Å²) in [6.45, 7) is 1.88. The van der Waals surface area contributed by atoms with Crippen molar-refractivity contribution < 1.29 is 38.0 Å². The SMILES string of the molecule is Cc1ccc(S(=O)(=O)c2nc([S-])sc2Cl)cc1.[Na+]. The molecule has 18 heavy (non-hydrogen) atoms. The number of thiazole rings is 1. The molecule has 8 heteroatoms. The second-order valence-electron chi connectivity index (χ2n) is 3.38. The Labute approximate surface area is 142 Å². The molecule has 0 saturated carbocycles. The average molecular weight is 328 g/mol. The van der Waals surface area contributed by atoms with E-state index in [1.54, 1.807) is 12.1 Å². The van der Waals surface area contributed by atoms with Crippen molar-refractivity contribution in [2.45, 2.75) is 21.2 Å². The number of benzene rings is 1. The van der Waals surface area contributed by atoms with E-state index in [4.69, 9.17) is 24.2 Å². The molecule has 1 heterocycles. The molecule has 90 valence electrons. The van der Waals surface area contributed by atoms with Crippen molar-refractivity contribution in [1.29, 1.82) is 0 Å². The van der Waals surface area contributed by atoms with Crippen LogP contribution >= 0.6 is 22.9 Å². The molecule has 0 aliphatic carbocycles. The number of sulfone groups is 1. The molecule has 3 nitrogen and oxygen atoms in total. The van der Waals surface area contributed by atoms with Crippen LogP contribution in [0.3, 0.4) is 0 Å². The Kier molecular flexibility index (Phi) is 5.61. The van der Waals surface area contributed by atoms with Crippen molar-refractivity contribution >= 4 is 45.4 Å². The summed E-state index contributed by atoms with van der Waals surface area (Å²) in [6, 6.07) is 6.51. The number of rotatable bonds is 2. The van der Waals surface area contributed by atoms with Gasteiger partial charge in [-0.1, -0.05) is 29.3 Å². The Morgan fingerprint density at radius 3 is 2.28 bits per heavy atom. The van der Waals surface area contributed by atoms with Crippen LogP contribution in [0.15, 0.2) is 38.5 Å². The Bertz CT molecular complexity index is 652. The summed E-state index contributed by atoms with van der Waals surface area (Å²) in [5.74, 6) is 0. The fourth-order valence-electron chi connectivity index (χ4n) is 1.26. The topological polar surface area (TPSA) is 47.0 Å². The summed E-state index contributed by atoms with van der Waals surface area (Å²) in [7, 11) is -3.66. The van der Waals surface area contributed by atoms with Gasteiger partial charge in [-0.15, -0.1) is 0 Å². The van der Waals surface area contributed by atoms with E-state index < -0.39 is 9.84 Å². The van der Waals surface area contributed by atoms with Gasteiger partial charge >= 0.3 is 29.6 Å². The third kappa shape index (κ3) is 3.25. The molecule has 0 bridgehead atoms. The van der Waals surface area contributed by atoms with Crippen LogP contribution < -0.4 is 29.6 Å². The standard InChI is InChI=1S/C10H8ClNO2S3.Na/c1-6-2-4-7(5-3-6)17(13,14)9-8(11)16-10(15)12-9;/h2-5H,1H3,(H,12,15);/q;+1/p-1. The van der Waals surface area contributed by atoms with Crippen LogP contribution in [0, 0.1) is 6.92 Å². The fraction of sp³-hybridized carbons (Fsp3) is 0.100. The van der Waals surface area contributed by atoms with E-state index in [2.05, 4.69) is 4.98 Å². The smallest absolute Gasteiger partial charge is 0.408 e. The van der Waals surface area contributed by atoms with Gasteiger partial charge in [-0.05, 0) is 23.4 Å². The minimum atomic E-state index is -3.66. The number of hydrogen-bond acceptors (Lipinski definition) is 5. The van der Waals surface area contributed by atoms with Gasteiger partial charge < -0.3 is 24.0 Å². The molecular weight excluding hydrogens is 321 g/mol. The summed E-state index contributed by atoms with van der Waals surface area (Å²) >= 11 is 11.6. The van der Waals surface area contributed by atoms with E-state index in [1.165, 1.54) is 12.1 Å². The molecule has 1 aromatic carbocycles. The van der Waals surface area contributed by atoms with Crippen LogP contribution in [0.5, 0.6) is 0 Å². The van der Waals surface area contributed by atoms with E-state index >= 15 is 0 Å². The summed E-state index contributed by atoms with van der Waals surface area (Å²) in [5.41, 5.74) is 0.984. The van der Waals surface area contributed by atoms with Gasteiger partial charge in [0, 0.05) is 4.34 Å². The molecule has 1 aromatic heterocycles. The summed E-state index contributed by atoms with van der Waals surface area (Å²) in [4.78, 5) is 3.97. The van der Waals surface area contributed by atoms with Crippen molar-refractivity contribution in [1.82, 2.24) is 4.98 Å². The van der Waals surface area contributed by atoms with Crippen molar-refractivity contribution in [3.63, 3.8) is 0 Å². The Hall–Kier alpha value is 0.310. The third-order valence-electron chi connectivity index (χ3n) is 2.12. The minimum absolute atomic E-state index is 0. The number of aromatic nitrogens is 1. The molecule has 0 aliphatic rings. The van der Waals surface area contributed by atoms with E-state index in [0.717, 1.165) is 16.9 Å². The van der Waals surface area contributed by atoms with Gasteiger partial charge in [0.2, 0.25) is 9.84 Å². The van der Waals surface area contributed by atoms with Crippen LogP contribution in [0.1, 0.15) is 5.56 Å². The molecule has 0 radical (unpaired) electrons. The van der Waals surface area contributed by atoms with Crippen LogP contribution in [0.4, 0.5) is 0 Å². The van der Waals surface area contributed by atoms with Crippen molar-refractivity contribution in [2.24, 2.45) is 0 Å². The maximum Gasteiger partial charge on any atom is 1.00 e. The molecule has 0 amide bonds. The van der Waals surface area contributed by atoms with Crippen LogP contribution in [-0.4, -0.2) is 13.4 Å². The molecule has 0 aliphatic heterocycles. The zero-order valence-electron chi connectivity index (χ0n) is 9.68. The fourth-order valence-corrected chi connectivity index (χ4v) is 4.44. The Morgan fingerprint density at radius 2 is 1.83 bits per heavy atom. The van der Waals surface area contributed by atoms with E-state index in [9.17, 15) is 8.42 Å². The molecule has 0 unspecified atom stereocenters. The predicted molar refractivity (Wildman–Crippen MR) is 69.4 cm³/mol. The first-order valence-electron chi connectivity index (χ1n) is 4.56. The minimum Gasteiger partial charge on any atom is -0.408 e. The number of hydrogen-bond donors (Lipinski definition) is 0. The van der Waals surface area contributed by atoms with Gasteiger partial charge in [-0.2, -0.15) is 0 Å². The van der Waals surface area contributed by atoms with Gasteiger partial charge in [0.25, 0.3) is 0 Å². The Balaban J connectivity index is 0.00000162. The monoisotopic (exact) mass is 327 g/mol. The molecule has 0 atom stereocenters. The van der Waals surface area contributed by atoms with E-state index in [-0.39, 0.29) is 48.2 Å². The van der Waals surface area contributed by atoms with Crippen molar-refractivity contribution in [3.8, 4) is 0 Å². The van der Waals surface area contributed by atoms with Gasteiger partial charge in [0.15, 0.2) is 5.03 Å². The van der Waals surface area contributed by atoms with Crippen LogP contribution in [0.25, 0.3) is 0 Å². The first-order chi connectivity index (χ1) is 7.91. The number of nitrogens with zero attached hydrogens (tertiary/aromatic N) is 1. The van der Waals surface area contributed by atoms with Crippen molar-refractivity contribution in [3.05, 3.63) is 34.2 Å². The maximum absolute atomic E-state index is 12.2. The summed E-state index contributed by atoms with van der Waals surface area (Å²) in [5, 5.41) is -0.155. The number of aryl methyl sites for hydroxylation is 1. The normalized spacial score (nSPS) is 11.0. The molecule has 0 N–H and O–H groups in total. The van der Waals surface area contributed by atoms with Gasteiger partial charge in [-0.25, -0.2) is 8.42 Å². The van der Waals surface area contributed by atoms with Crippen molar-refractivity contribution in [2.75, 3.05) is 0 Å². The first kappa shape index (κ1) is 16.4. The molecular formula is C10H7ClNNaO2S3. The average Bonchev–Trinajstić information content (AvgIpc) is 2.59. The zero-order chi connectivity index (χ0) is 12.6. The number of halogens is 1. The Morgan fingerprint density at radius 1 is 1.28 bits per heavy atom. The third-order valence-corrected chi connectivity index (χ3v) is 5.45. The molecule has 0 saturated heterocycles. The van der Waals surface area contributed by atoms with E-state index in [0.29, 0.717) is 0 Å². The molecule has 0 spiro atoms. The summed E-state index contributed by atoms with van der Waals surface area (Å²) < 4.78 is 24.7. The first-order valence-corrected chi connectivity index (χ1v) is 7.65. The summed E-state index contributed by atoms with van der Waals surface area (Å²) in [6.07, 6.45) is 0. The molecule has 0 fully saturated rings. The van der Waals surface area contributed by atoms with Crippen LogP contribution in [0.2, 0.25) is 4.34 Å². The van der Waals surface area contributed by atoms with E-state index in [1.807, 2.05) is 6.92 Å². The zero-order valence-corrected chi connectivity index (χ0v) is 14.9. The second kappa shape index (κ2) is 6.17. The molecule has 2 aromatic rings. The quantitative estimate of drug-likeness (QED) is 0.568. The van der Waals surface area contributed by atoms with Gasteiger partial charge in [0.1, 0.15) is 0 Å². The largest absolute Gasteiger partial charge is 1.00 e. The second-order valence-corrected chi connectivity index (χ2v) is 7.49. The maximum atomic E-state index is 12.2. The van der Waals surface area contributed by atoms with Gasteiger partial charge in [0.05, 0.1) is 4.90 Å². The van der Waals surface area contributed by atoms with Gasteiger partial charge in [-0.3, -0.25) is 4.98 Å². The predicted octanol–water partition coefficient (Wildman–Crippen LogP) is -0.152. The van der Waals surface area contributed by atoms with Crippen LogP contribution in [-0.2, 0) is 22.5 Å². The molecule has 2 rings (SSSR count).